The standard InChI is InChI=1S/C25H27N5O4/c1-16(23(31)27-18-6-8-19(9-7-18)29-10-12-34-13-11-29)30-24(32)22(28-25(30)33)14-17-15-26-21-5-3-2-4-20(17)21/h2-9,15-16,22,26H,10-14H2,1H3,(H,27,31)(H,28,33)/t16-,22-/m0/s1. The van der Waals surface area contributed by atoms with E-state index < -0.39 is 29.9 Å². The number of hydrogen-bond acceptors (Lipinski definition) is 5. The van der Waals surface area contributed by atoms with Crippen LogP contribution >= 0.6 is 0 Å². The smallest absolute Gasteiger partial charge is 0.325 e. The summed E-state index contributed by atoms with van der Waals surface area (Å²) in [5, 5.41) is 6.55. The lowest BCUT2D eigenvalue weighted by Crippen LogP contribution is -2.46. The Kier molecular flexibility index (Phi) is 5.93. The molecule has 0 aliphatic carbocycles. The van der Waals surface area contributed by atoms with E-state index in [0.717, 1.165) is 40.1 Å². The molecule has 1 aromatic heterocycles. The Labute approximate surface area is 197 Å². The number of hydrogen-bond donors (Lipinski definition) is 3. The molecule has 9 nitrogen and oxygen atoms in total. The van der Waals surface area contributed by atoms with Crippen LogP contribution in [-0.2, 0) is 20.7 Å². The maximum atomic E-state index is 13.0. The second kappa shape index (κ2) is 9.18. The third kappa shape index (κ3) is 4.22. The predicted molar refractivity (Wildman–Crippen MR) is 129 cm³/mol. The van der Waals surface area contributed by atoms with E-state index in [1.54, 1.807) is 6.92 Å². The molecule has 4 amide bonds. The molecule has 3 heterocycles. The fourth-order valence-corrected chi connectivity index (χ4v) is 4.51. The van der Waals surface area contributed by atoms with Gasteiger partial charge in [-0.1, -0.05) is 18.2 Å². The molecule has 2 fully saturated rings. The highest BCUT2D eigenvalue weighted by atomic mass is 16.5. The first-order chi connectivity index (χ1) is 16.5. The van der Waals surface area contributed by atoms with Gasteiger partial charge in [-0.25, -0.2) is 4.79 Å². The fraction of sp³-hybridized carbons (Fsp3) is 0.320. The van der Waals surface area contributed by atoms with Crippen molar-refractivity contribution >= 4 is 40.1 Å². The zero-order chi connectivity index (χ0) is 23.7. The first kappa shape index (κ1) is 22.0. The number of rotatable bonds is 6. The van der Waals surface area contributed by atoms with E-state index in [4.69, 9.17) is 4.74 Å². The second-order valence-electron chi connectivity index (χ2n) is 8.59. The first-order valence-electron chi connectivity index (χ1n) is 11.4. The molecular formula is C25H27N5O4. The SMILES string of the molecule is C[C@@H](C(=O)Nc1ccc(N2CCOCC2)cc1)N1C(=O)N[C@@H](Cc2c[nH]c3ccccc23)C1=O. The van der Waals surface area contributed by atoms with E-state index in [1.807, 2.05) is 54.7 Å². The third-order valence-corrected chi connectivity index (χ3v) is 6.43. The van der Waals surface area contributed by atoms with Crippen LogP contribution in [0.3, 0.4) is 0 Å². The highest BCUT2D eigenvalue weighted by Crippen LogP contribution is 2.23. The van der Waals surface area contributed by atoms with Crippen molar-refractivity contribution in [1.82, 2.24) is 15.2 Å². The van der Waals surface area contributed by atoms with E-state index >= 15 is 0 Å². The average Bonchev–Trinajstić information content (AvgIpc) is 3.39. The fourth-order valence-electron chi connectivity index (χ4n) is 4.51. The number of H-pyrrole nitrogens is 1. The van der Waals surface area contributed by atoms with Crippen LogP contribution in [0.2, 0.25) is 0 Å². The first-order valence-corrected chi connectivity index (χ1v) is 11.4. The van der Waals surface area contributed by atoms with Gasteiger partial charge < -0.3 is 25.3 Å². The number of para-hydroxylation sites is 1. The number of benzene rings is 2. The molecule has 2 saturated heterocycles. The molecule has 3 aromatic rings. The summed E-state index contributed by atoms with van der Waals surface area (Å²) >= 11 is 0. The molecule has 9 heteroatoms. The van der Waals surface area contributed by atoms with Gasteiger partial charge in [-0.15, -0.1) is 0 Å². The summed E-state index contributed by atoms with van der Waals surface area (Å²) in [6, 6.07) is 13.1. The molecule has 34 heavy (non-hydrogen) atoms. The van der Waals surface area contributed by atoms with Crippen molar-refractivity contribution in [3.63, 3.8) is 0 Å². The maximum absolute atomic E-state index is 13.0. The molecule has 0 bridgehead atoms. The topological polar surface area (TPSA) is 107 Å². The normalized spacial score (nSPS) is 19.4. The third-order valence-electron chi connectivity index (χ3n) is 6.43. The number of nitrogens with zero attached hydrogens (tertiary/aromatic N) is 2. The highest BCUT2D eigenvalue weighted by molar-refractivity contribution is 6.09. The summed E-state index contributed by atoms with van der Waals surface area (Å²) in [7, 11) is 0. The van der Waals surface area contributed by atoms with Crippen LogP contribution in [0.4, 0.5) is 16.2 Å². The molecule has 2 aliphatic rings. The number of ether oxygens (including phenoxy) is 1. The van der Waals surface area contributed by atoms with Crippen LogP contribution in [0, 0.1) is 0 Å². The van der Waals surface area contributed by atoms with E-state index in [0.29, 0.717) is 25.3 Å². The number of carbonyl (C=O) groups excluding carboxylic acids is 3. The largest absolute Gasteiger partial charge is 0.378 e. The monoisotopic (exact) mass is 461 g/mol. The zero-order valence-corrected chi connectivity index (χ0v) is 18.9. The van der Waals surface area contributed by atoms with Crippen molar-refractivity contribution in [1.29, 1.82) is 0 Å². The van der Waals surface area contributed by atoms with Crippen LogP contribution in [0.25, 0.3) is 10.9 Å². The Balaban J connectivity index is 1.23. The van der Waals surface area contributed by atoms with E-state index in [1.165, 1.54) is 0 Å². The molecule has 0 radical (unpaired) electrons. The number of urea groups is 1. The number of nitrogens with one attached hydrogen (secondary N) is 3. The lowest BCUT2D eigenvalue weighted by atomic mass is 10.0. The summed E-state index contributed by atoms with van der Waals surface area (Å²) in [5.74, 6) is -0.823. The number of aromatic nitrogens is 1. The summed E-state index contributed by atoms with van der Waals surface area (Å²) in [5.41, 5.74) is 3.58. The Hall–Kier alpha value is -3.85. The number of fused-ring (bicyclic) bond motifs is 1. The number of amides is 4. The Bertz CT molecular complexity index is 1220. The molecule has 5 rings (SSSR count). The predicted octanol–water partition coefficient (Wildman–Crippen LogP) is 2.49. The lowest BCUT2D eigenvalue weighted by Gasteiger charge is -2.29. The van der Waals surface area contributed by atoms with Gasteiger partial charge in [-0.2, -0.15) is 0 Å². The van der Waals surface area contributed by atoms with Gasteiger partial charge in [0.25, 0.3) is 5.91 Å². The number of imide groups is 1. The zero-order valence-electron chi connectivity index (χ0n) is 18.9. The molecule has 2 atom stereocenters. The van der Waals surface area contributed by atoms with E-state index in [-0.39, 0.29) is 0 Å². The molecular weight excluding hydrogens is 434 g/mol. The quantitative estimate of drug-likeness (QED) is 0.489. The minimum Gasteiger partial charge on any atom is -0.378 e. The molecule has 2 aliphatic heterocycles. The van der Waals surface area contributed by atoms with Crippen LogP contribution in [0.15, 0.2) is 54.7 Å². The number of carbonyl (C=O) groups is 3. The van der Waals surface area contributed by atoms with Gasteiger partial charge in [-0.3, -0.25) is 14.5 Å². The Morgan fingerprint density at radius 3 is 2.62 bits per heavy atom. The van der Waals surface area contributed by atoms with Gasteiger partial charge in [-0.05, 0) is 42.8 Å². The van der Waals surface area contributed by atoms with Crippen molar-refractivity contribution in [3.05, 3.63) is 60.3 Å². The van der Waals surface area contributed by atoms with Gasteiger partial charge in [0.2, 0.25) is 5.91 Å². The molecule has 176 valence electrons. The van der Waals surface area contributed by atoms with Gasteiger partial charge in [0.15, 0.2) is 0 Å². The molecule has 0 saturated carbocycles. The number of aromatic amines is 1. The minimum atomic E-state index is -0.945. The highest BCUT2D eigenvalue weighted by Gasteiger charge is 2.43. The van der Waals surface area contributed by atoms with Crippen LogP contribution < -0.4 is 15.5 Å². The molecule has 2 aromatic carbocycles. The summed E-state index contributed by atoms with van der Waals surface area (Å²) < 4.78 is 5.38. The Morgan fingerprint density at radius 1 is 1.12 bits per heavy atom. The number of anilines is 2. The van der Waals surface area contributed by atoms with Crippen LogP contribution in [-0.4, -0.2) is 66.1 Å². The van der Waals surface area contributed by atoms with Crippen molar-refractivity contribution in [2.24, 2.45) is 0 Å². The van der Waals surface area contributed by atoms with Crippen molar-refractivity contribution < 1.29 is 19.1 Å². The van der Waals surface area contributed by atoms with Crippen molar-refractivity contribution in [3.8, 4) is 0 Å². The van der Waals surface area contributed by atoms with Gasteiger partial charge in [0, 0.05) is 48.0 Å². The van der Waals surface area contributed by atoms with Gasteiger partial charge in [0.1, 0.15) is 12.1 Å². The van der Waals surface area contributed by atoms with Gasteiger partial charge in [0.05, 0.1) is 13.2 Å². The average molecular weight is 462 g/mol. The summed E-state index contributed by atoms with van der Waals surface area (Å²) in [6.45, 7) is 4.61. The number of morpholine rings is 1. The lowest BCUT2D eigenvalue weighted by molar-refractivity contribution is -0.133. The van der Waals surface area contributed by atoms with Crippen molar-refractivity contribution in [2.45, 2.75) is 25.4 Å². The molecule has 0 unspecified atom stereocenters. The molecule has 0 spiro atoms. The van der Waals surface area contributed by atoms with Gasteiger partial charge >= 0.3 is 6.03 Å². The molecule has 3 N–H and O–H groups in total. The second-order valence-corrected chi connectivity index (χ2v) is 8.59. The minimum absolute atomic E-state index is 0.350. The summed E-state index contributed by atoms with van der Waals surface area (Å²) in [4.78, 5) is 44.9. The van der Waals surface area contributed by atoms with E-state index in [9.17, 15) is 14.4 Å². The Morgan fingerprint density at radius 2 is 1.85 bits per heavy atom. The van der Waals surface area contributed by atoms with Crippen LogP contribution in [0.1, 0.15) is 12.5 Å². The van der Waals surface area contributed by atoms with Crippen LogP contribution in [0.5, 0.6) is 0 Å². The van der Waals surface area contributed by atoms with Crippen molar-refractivity contribution in [2.75, 3.05) is 36.5 Å². The summed E-state index contributed by atoms with van der Waals surface area (Å²) in [6.07, 6.45) is 2.20. The van der Waals surface area contributed by atoms with E-state index in [2.05, 4.69) is 20.5 Å². The maximum Gasteiger partial charge on any atom is 0.325 e.